The van der Waals surface area contributed by atoms with Crippen molar-refractivity contribution in [1.29, 1.82) is 0 Å². The zero-order chi connectivity index (χ0) is 33.8. The lowest BCUT2D eigenvalue weighted by Gasteiger charge is -2.25. The van der Waals surface area contributed by atoms with Gasteiger partial charge >= 0.3 is 0 Å². The Morgan fingerprint density at radius 2 is 1.77 bits per heavy atom. The molecule has 0 aliphatic carbocycles. The minimum atomic E-state index is -0.702. The van der Waals surface area contributed by atoms with E-state index in [1.54, 1.807) is 18.6 Å². The Labute approximate surface area is 303 Å². The minimum absolute atomic E-state index is 0.250. The van der Waals surface area contributed by atoms with Crippen molar-refractivity contribution in [2.75, 3.05) is 19.0 Å². The maximum atomic E-state index is 14.2. The number of allylic oxidation sites excluding steroid dienone is 1. The Bertz CT molecular complexity index is 2180. The summed E-state index contributed by atoms with van der Waals surface area (Å²) in [6.45, 7) is 4.63. The lowest BCUT2D eigenvalue weighted by atomic mass is 9.95. The second kappa shape index (κ2) is 14.9. The number of hydrogen-bond donors (Lipinski definition) is 1. The van der Waals surface area contributed by atoms with Gasteiger partial charge in [0.1, 0.15) is 12.4 Å². The maximum Gasteiger partial charge on any atom is 0.271 e. The molecule has 1 aromatic heterocycles. The monoisotopic (exact) mass is 835 g/mol. The largest absolute Gasteiger partial charge is 0.494 e. The highest BCUT2D eigenvalue weighted by molar-refractivity contribution is 14.1. The Kier molecular flexibility index (Phi) is 10.5. The summed E-state index contributed by atoms with van der Waals surface area (Å²) in [4.78, 5) is 33.4. The molecule has 1 atom stereocenters. The van der Waals surface area contributed by atoms with E-state index < -0.39 is 6.04 Å². The van der Waals surface area contributed by atoms with E-state index in [-0.39, 0.29) is 11.5 Å². The van der Waals surface area contributed by atoms with E-state index in [9.17, 15) is 9.59 Å². The molecule has 48 heavy (non-hydrogen) atoms. The summed E-state index contributed by atoms with van der Waals surface area (Å²) in [7, 11) is 1.59. The molecule has 0 saturated carbocycles. The summed E-state index contributed by atoms with van der Waals surface area (Å²) in [6, 6.07) is 27.8. The molecule has 0 radical (unpaired) electrons. The van der Waals surface area contributed by atoms with Crippen LogP contribution in [0.25, 0.3) is 6.08 Å². The van der Waals surface area contributed by atoms with E-state index >= 15 is 0 Å². The molecular weight excluding hydrogens is 805 g/mol. The molecule has 0 fully saturated rings. The highest BCUT2D eigenvalue weighted by Gasteiger charge is 2.32. The predicted octanol–water partition coefficient (Wildman–Crippen LogP) is 7.23. The second-order valence-corrected chi connectivity index (χ2v) is 13.9. The summed E-state index contributed by atoms with van der Waals surface area (Å²) in [6.07, 6.45) is 1.82. The van der Waals surface area contributed by atoms with E-state index in [0.29, 0.717) is 56.8 Å². The quantitative estimate of drug-likeness (QED) is 0.150. The van der Waals surface area contributed by atoms with Gasteiger partial charge in [0.2, 0.25) is 0 Å². The van der Waals surface area contributed by atoms with Crippen molar-refractivity contribution < 1.29 is 19.0 Å². The summed E-state index contributed by atoms with van der Waals surface area (Å²) in [5, 5.41) is 2.99. The average Bonchev–Trinajstić information content (AvgIpc) is 3.38. The van der Waals surface area contributed by atoms with E-state index in [4.69, 9.17) is 19.2 Å². The molecule has 5 aromatic rings. The van der Waals surface area contributed by atoms with Gasteiger partial charge in [0.15, 0.2) is 16.3 Å². The third-order valence-corrected chi connectivity index (χ3v) is 9.96. The maximum absolute atomic E-state index is 14.2. The molecule has 1 N–H and O–H groups in total. The van der Waals surface area contributed by atoms with Crippen molar-refractivity contribution in [1.82, 2.24) is 4.57 Å². The number of aromatic nitrogens is 1. The molecular formula is C37H31BrIN3O5S. The van der Waals surface area contributed by atoms with Crippen molar-refractivity contribution in [2.24, 2.45) is 4.99 Å². The SMILES string of the molecule is CCOc1ccc([C@@H]2C(C(=O)Nc3ccccc3)=C(C)N=c3s/c(=C\c4cc(I)c(OCc5ccc(Br)cc5)c(OC)c4)c(=O)n32)cc1. The van der Waals surface area contributed by atoms with Gasteiger partial charge in [-0.05, 0) is 108 Å². The first-order valence-corrected chi connectivity index (χ1v) is 17.8. The van der Waals surface area contributed by atoms with Gasteiger partial charge in [-0.25, -0.2) is 4.99 Å². The molecule has 11 heteroatoms. The number of methoxy groups -OCH3 is 1. The number of halogens is 2. The van der Waals surface area contributed by atoms with Crippen LogP contribution in [0.5, 0.6) is 17.2 Å². The number of thiazole rings is 1. The molecule has 8 nitrogen and oxygen atoms in total. The molecule has 0 spiro atoms. The van der Waals surface area contributed by atoms with Gasteiger partial charge in [0.05, 0.1) is 39.1 Å². The Hall–Kier alpha value is -4.20. The van der Waals surface area contributed by atoms with Gasteiger partial charge in [-0.1, -0.05) is 69.7 Å². The number of amides is 1. The molecule has 244 valence electrons. The van der Waals surface area contributed by atoms with Crippen LogP contribution in [0, 0.1) is 3.57 Å². The number of benzene rings is 4. The van der Waals surface area contributed by atoms with Crippen molar-refractivity contribution in [3.63, 3.8) is 0 Å². The van der Waals surface area contributed by atoms with Gasteiger partial charge in [-0.3, -0.25) is 14.2 Å². The Morgan fingerprint density at radius 1 is 1.04 bits per heavy atom. The van der Waals surface area contributed by atoms with Crippen LogP contribution in [0.15, 0.2) is 117 Å². The molecule has 1 aliphatic heterocycles. The van der Waals surface area contributed by atoms with Gasteiger partial charge in [-0.15, -0.1) is 0 Å². The molecule has 6 rings (SSSR count). The standard InChI is InChI=1S/C37H31BrIN3O5S/c1-4-46-28-16-12-25(13-17-28)33-32(35(43)41-27-8-6-5-7-9-27)22(2)40-37-42(33)36(44)31(48-37)20-24-18-29(39)34(30(19-24)45-3)47-21-23-10-14-26(38)15-11-23/h5-20,33H,4,21H2,1-3H3,(H,41,43)/b31-20-/t33-/m1/s1. The van der Waals surface area contributed by atoms with Crippen LogP contribution >= 0.6 is 49.9 Å². The number of hydrogen-bond acceptors (Lipinski definition) is 7. The van der Waals surface area contributed by atoms with E-state index in [1.165, 1.54) is 11.3 Å². The smallest absolute Gasteiger partial charge is 0.271 e. The third-order valence-electron chi connectivity index (χ3n) is 7.65. The number of nitrogens with zero attached hydrogens (tertiary/aromatic N) is 2. The van der Waals surface area contributed by atoms with Gasteiger partial charge in [0.25, 0.3) is 11.5 Å². The second-order valence-electron chi connectivity index (χ2n) is 10.9. The van der Waals surface area contributed by atoms with E-state index in [1.807, 2.05) is 104 Å². The lowest BCUT2D eigenvalue weighted by Crippen LogP contribution is -2.40. The van der Waals surface area contributed by atoms with Crippen LogP contribution in [0.4, 0.5) is 5.69 Å². The molecule has 1 aliphatic rings. The first-order valence-electron chi connectivity index (χ1n) is 15.1. The van der Waals surface area contributed by atoms with E-state index in [0.717, 1.165) is 24.7 Å². The van der Waals surface area contributed by atoms with Gasteiger partial charge < -0.3 is 19.5 Å². The van der Waals surface area contributed by atoms with Crippen LogP contribution in [0.2, 0.25) is 0 Å². The van der Waals surface area contributed by atoms with Crippen LogP contribution in [-0.2, 0) is 11.4 Å². The zero-order valence-electron chi connectivity index (χ0n) is 26.3. The number of para-hydroxylation sites is 1. The predicted molar refractivity (Wildman–Crippen MR) is 201 cm³/mol. The normalized spacial score (nSPS) is 14.3. The molecule has 0 saturated heterocycles. The number of nitrogens with one attached hydrogen (secondary N) is 1. The van der Waals surface area contributed by atoms with Crippen LogP contribution in [-0.4, -0.2) is 24.2 Å². The average molecular weight is 837 g/mol. The number of ether oxygens (including phenoxy) is 3. The number of anilines is 1. The van der Waals surface area contributed by atoms with Crippen molar-refractivity contribution in [2.45, 2.75) is 26.5 Å². The van der Waals surface area contributed by atoms with E-state index in [2.05, 4.69) is 43.8 Å². The topological polar surface area (TPSA) is 91.2 Å². The zero-order valence-corrected chi connectivity index (χ0v) is 30.9. The number of carbonyl (C=O) groups is 1. The summed E-state index contributed by atoms with van der Waals surface area (Å²) in [5.41, 5.74) is 3.90. The fourth-order valence-corrected chi connectivity index (χ4v) is 7.50. The molecule has 0 bridgehead atoms. The lowest BCUT2D eigenvalue weighted by molar-refractivity contribution is -0.113. The first kappa shape index (κ1) is 33.7. The van der Waals surface area contributed by atoms with Crippen LogP contribution in [0.1, 0.15) is 36.6 Å². The van der Waals surface area contributed by atoms with Crippen molar-refractivity contribution in [3.8, 4) is 17.2 Å². The Morgan fingerprint density at radius 3 is 2.46 bits per heavy atom. The number of rotatable bonds is 10. The third kappa shape index (κ3) is 7.27. The fraction of sp³-hybridized carbons (Fsp3) is 0.162. The van der Waals surface area contributed by atoms with Crippen molar-refractivity contribution in [3.05, 3.63) is 147 Å². The summed E-state index contributed by atoms with van der Waals surface area (Å²) in [5.74, 6) is 1.56. The fourth-order valence-electron chi connectivity index (χ4n) is 5.41. The molecule has 2 heterocycles. The number of carbonyl (C=O) groups excluding carboxylic acids is 1. The molecule has 0 unspecified atom stereocenters. The summed E-state index contributed by atoms with van der Waals surface area (Å²) < 4.78 is 21.5. The molecule has 1 amide bonds. The summed E-state index contributed by atoms with van der Waals surface area (Å²) >= 11 is 6.96. The van der Waals surface area contributed by atoms with Crippen LogP contribution in [0.3, 0.4) is 0 Å². The highest BCUT2D eigenvalue weighted by atomic mass is 127. The molecule has 4 aromatic carbocycles. The number of fused-ring (bicyclic) bond motifs is 1. The van der Waals surface area contributed by atoms with Gasteiger partial charge in [-0.2, -0.15) is 0 Å². The van der Waals surface area contributed by atoms with Crippen molar-refractivity contribution >= 4 is 67.5 Å². The Balaban J connectivity index is 1.40. The first-order chi connectivity index (χ1) is 23.2. The highest BCUT2D eigenvalue weighted by Crippen LogP contribution is 2.35. The van der Waals surface area contributed by atoms with Crippen LogP contribution < -0.4 is 34.4 Å². The minimum Gasteiger partial charge on any atom is -0.494 e. The van der Waals surface area contributed by atoms with Gasteiger partial charge in [0, 0.05) is 10.2 Å².